The number of hydrogen-bond donors (Lipinski definition) is 1. The van der Waals surface area contributed by atoms with Gasteiger partial charge in [0.15, 0.2) is 5.78 Å². The van der Waals surface area contributed by atoms with Gasteiger partial charge in [-0.2, -0.15) is 0 Å². The van der Waals surface area contributed by atoms with Crippen LogP contribution in [0.4, 0.5) is 0 Å². The first-order valence-corrected chi connectivity index (χ1v) is 6.69. The molecule has 0 spiro atoms. The molecule has 0 heterocycles. The summed E-state index contributed by atoms with van der Waals surface area (Å²) in [5, 5.41) is 0. The van der Waals surface area contributed by atoms with E-state index >= 15 is 0 Å². The molecule has 0 aromatic heterocycles. The number of nitrogens with two attached hydrogens (primary N) is 1. The molecule has 0 aromatic carbocycles. The van der Waals surface area contributed by atoms with E-state index < -0.39 is 0 Å². The number of ketones is 1. The fourth-order valence-corrected chi connectivity index (χ4v) is 3.21. The van der Waals surface area contributed by atoms with Crippen LogP contribution in [0, 0.1) is 23.7 Å². The molecule has 0 bridgehead atoms. The third-order valence-corrected chi connectivity index (χ3v) is 3.80. The van der Waals surface area contributed by atoms with Gasteiger partial charge >= 0.3 is 0 Å². The van der Waals surface area contributed by atoms with Crippen molar-refractivity contribution >= 4 is 5.78 Å². The molecule has 94 valence electrons. The van der Waals surface area contributed by atoms with E-state index in [0.717, 1.165) is 18.3 Å². The van der Waals surface area contributed by atoms with E-state index in [1.807, 2.05) is 13.8 Å². The SMILES string of the molecule is CC1CC(C)CC(CC(N)C(=O)C(C)C)C1. The summed E-state index contributed by atoms with van der Waals surface area (Å²) in [6, 6.07) is -0.234. The number of carbonyl (C=O) groups is 1. The summed E-state index contributed by atoms with van der Waals surface area (Å²) < 4.78 is 0. The van der Waals surface area contributed by atoms with Crippen molar-refractivity contribution in [2.45, 2.75) is 59.4 Å². The summed E-state index contributed by atoms with van der Waals surface area (Å²) in [4.78, 5) is 11.8. The first-order valence-electron chi connectivity index (χ1n) is 6.69. The lowest BCUT2D eigenvalue weighted by Gasteiger charge is -2.32. The molecule has 3 unspecified atom stereocenters. The number of rotatable bonds is 4. The monoisotopic (exact) mass is 225 g/mol. The van der Waals surface area contributed by atoms with Gasteiger partial charge in [-0.3, -0.25) is 4.79 Å². The van der Waals surface area contributed by atoms with Crippen LogP contribution in [-0.4, -0.2) is 11.8 Å². The third kappa shape index (κ3) is 3.89. The van der Waals surface area contributed by atoms with Crippen LogP contribution in [0.3, 0.4) is 0 Å². The Bertz CT molecular complexity index is 227. The highest BCUT2D eigenvalue weighted by Gasteiger charge is 2.27. The van der Waals surface area contributed by atoms with Gasteiger partial charge in [0.2, 0.25) is 0 Å². The molecule has 2 nitrogen and oxygen atoms in total. The van der Waals surface area contributed by atoms with E-state index in [4.69, 9.17) is 5.73 Å². The Morgan fingerprint density at radius 3 is 2.12 bits per heavy atom. The molecular formula is C14H27NO. The molecule has 2 heteroatoms. The molecule has 1 aliphatic rings. The van der Waals surface area contributed by atoms with Crippen LogP contribution in [0.15, 0.2) is 0 Å². The highest BCUT2D eigenvalue weighted by atomic mass is 16.1. The fraction of sp³-hybridized carbons (Fsp3) is 0.929. The Kier molecular flexibility index (Phi) is 4.97. The lowest BCUT2D eigenvalue weighted by molar-refractivity contribution is -0.123. The van der Waals surface area contributed by atoms with Crippen molar-refractivity contribution in [2.24, 2.45) is 29.4 Å². The molecular weight excluding hydrogens is 198 g/mol. The van der Waals surface area contributed by atoms with Crippen molar-refractivity contribution in [3.63, 3.8) is 0 Å². The van der Waals surface area contributed by atoms with Crippen molar-refractivity contribution in [1.29, 1.82) is 0 Å². The summed E-state index contributed by atoms with van der Waals surface area (Å²) in [5.74, 6) is 2.57. The Morgan fingerprint density at radius 1 is 1.19 bits per heavy atom. The van der Waals surface area contributed by atoms with Crippen molar-refractivity contribution in [3.8, 4) is 0 Å². The van der Waals surface area contributed by atoms with Gasteiger partial charge < -0.3 is 5.73 Å². The zero-order valence-corrected chi connectivity index (χ0v) is 11.2. The zero-order valence-electron chi connectivity index (χ0n) is 11.2. The van der Waals surface area contributed by atoms with Crippen LogP contribution in [0.1, 0.15) is 53.4 Å². The summed E-state index contributed by atoms with van der Waals surface area (Å²) in [6.45, 7) is 8.51. The smallest absolute Gasteiger partial charge is 0.152 e. The lowest BCUT2D eigenvalue weighted by Crippen LogP contribution is -2.37. The standard InChI is InChI=1S/C14H27NO/c1-9(2)14(16)13(15)8-12-6-10(3)5-11(4)7-12/h9-13H,5-8,15H2,1-4H3. The average Bonchev–Trinajstić information content (AvgIpc) is 2.14. The van der Waals surface area contributed by atoms with Crippen molar-refractivity contribution in [3.05, 3.63) is 0 Å². The van der Waals surface area contributed by atoms with Gasteiger partial charge in [-0.15, -0.1) is 0 Å². The minimum atomic E-state index is -0.234. The van der Waals surface area contributed by atoms with E-state index in [-0.39, 0.29) is 17.7 Å². The summed E-state index contributed by atoms with van der Waals surface area (Å²) in [6.07, 6.45) is 4.74. The first-order chi connectivity index (χ1) is 7.40. The fourth-order valence-electron chi connectivity index (χ4n) is 3.21. The van der Waals surface area contributed by atoms with Crippen LogP contribution in [0.2, 0.25) is 0 Å². The Balaban J connectivity index is 2.44. The minimum Gasteiger partial charge on any atom is -0.321 e. The predicted octanol–water partition coefficient (Wildman–Crippen LogP) is 3.00. The largest absolute Gasteiger partial charge is 0.321 e. The van der Waals surface area contributed by atoms with Crippen molar-refractivity contribution in [1.82, 2.24) is 0 Å². The molecule has 1 saturated carbocycles. The Labute approximate surface area is 100.0 Å². The van der Waals surface area contributed by atoms with Gasteiger partial charge in [-0.1, -0.05) is 27.7 Å². The Morgan fingerprint density at radius 2 is 1.69 bits per heavy atom. The van der Waals surface area contributed by atoms with Crippen LogP contribution in [0.5, 0.6) is 0 Å². The van der Waals surface area contributed by atoms with Crippen LogP contribution in [-0.2, 0) is 4.79 Å². The molecule has 1 rings (SSSR count). The number of Topliss-reactive ketones (excluding diaryl/α,β-unsaturated/α-hetero) is 1. The average molecular weight is 225 g/mol. The summed E-state index contributed by atoms with van der Waals surface area (Å²) in [7, 11) is 0. The molecule has 3 atom stereocenters. The normalized spacial score (nSPS) is 32.8. The van der Waals surface area contributed by atoms with Crippen molar-refractivity contribution in [2.75, 3.05) is 0 Å². The van der Waals surface area contributed by atoms with Gasteiger partial charge in [0.25, 0.3) is 0 Å². The molecule has 16 heavy (non-hydrogen) atoms. The number of hydrogen-bond acceptors (Lipinski definition) is 2. The quantitative estimate of drug-likeness (QED) is 0.799. The highest BCUT2D eigenvalue weighted by Crippen LogP contribution is 2.35. The lowest BCUT2D eigenvalue weighted by atomic mass is 9.74. The molecule has 1 fully saturated rings. The van der Waals surface area contributed by atoms with E-state index in [1.54, 1.807) is 0 Å². The highest BCUT2D eigenvalue weighted by molar-refractivity contribution is 5.85. The molecule has 0 saturated heterocycles. The van der Waals surface area contributed by atoms with Gasteiger partial charge in [-0.05, 0) is 43.4 Å². The number of carbonyl (C=O) groups excluding carboxylic acids is 1. The third-order valence-electron chi connectivity index (χ3n) is 3.80. The van der Waals surface area contributed by atoms with Gasteiger partial charge in [-0.25, -0.2) is 0 Å². The van der Waals surface area contributed by atoms with Crippen LogP contribution >= 0.6 is 0 Å². The van der Waals surface area contributed by atoms with Crippen molar-refractivity contribution < 1.29 is 4.79 Å². The summed E-state index contributed by atoms with van der Waals surface area (Å²) >= 11 is 0. The minimum absolute atomic E-state index is 0.0773. The second-order valence-corrected chi connectivity index (χ2v) is 6.18. The van der Waals surface area contributed by atoms with E-state index in [1.165, 1.54) is 19.3 Å². The molecule has 0 amide bonds. The maximum atomic E-state index is 11.8. The molecule has 1 aliphatic carbocycles. The molecule has 2 N–H and O–H groups in total. The first kappa shape index (κ1) is 13.7. The summed E-state index contributed by atoms with van der Waals surface area (Å²) in [5.41, 5.74) is 5.99. The zero-order chi connectivity index (χ0) is 12.3. The molecule has 0 aromatic rings. The van der Waals surface area contributed by atoms with E-state index in [0.29, 0.717) is 5.92 Å². The molecule has 0 radical (unpaired) electrons. The van der Waals surface area contributed by atoms with Gasteiger partial charge in [0, 0.05) is 5.92 Å². The maximum Gasteiger partial charge on any atom is 0.152 e. The van der Waals surface area contributed by atoms with Crippen LogP contribution in [0.25, 0.3) is 0 Å². The second-order valence-electron chi connectivity index (χ2n) is 6.18. The molecule has 0 aliphatic heterocycles. The second kappa shape index (κ2) is 5.81. The predicted molar refractivity (Wildman–Crippen MR) is 68.1 cm³/mol. The topological polar surface area (TPSA) is 43.1 Å². The van der Waals surface area contributed by atoms with E-state index in [2.05, 4.69) is 13.8 Å². The van der Waals surface area contributed by atoms with Gasteiger partial charge in [0.05, 0.1) is 6.04 Å². The van der Waals surface area contributed by atoms with E-state index in [9.17, 15) is 4.79 Å². The Hall–Kier alpha value is -0.370. The van der Waals surface area contributed by atoms with Gasteiger partial charge in [0.1, 0.15) is 0 Å². The van der Waals surface area contributed by atoms with Crippen LogP contribution < -0.4 is 5.73 Å². The maximum absolute atomic E-state index is 11.8.